The van der Waals surface area contributed by atoms with Crippen LogP contribution < -0.4 is 4.74 Å². The van der Waals surface area contributed by atoms with Crippen molar-refractivity contribution in [3.05, 3.63) is 70.8 Å². The molecule has 0 N–H and O–H groups in total. The third-order valence-corrected chi connectivity index (χ3v) is 3.09. The molecule has 3 nitrogen and oxygen atoms in total. The van der Waals surface area contributed by atoms with Gasteiger partial charge in [0.15, 0.2) is 0 Å². The quantitative estimate of drug-likeness (QED) is 0.485. The Kier molecular flexibility index (Phi) is 4.53. The summed E-state index contributed by atoms with van der Waals surface area (Å²) in [6.45, 7) is 1.99. The van der Waals surface area contributed by atoms with Crippen LogP contribution in [0.3, 0.4) is 0 Å². The molecule has 2 aromatic carbocycles. The Morgan fingerprint density at radius 3 is 2.52 bits per heavy atom. The summed E-state index contributed by atoms with van der Waals surface area (Å²) in [6, 6.07) is 16.4. The molecule has 0 fully saturated rings. The van der Waals surface area contributed by atoms with Gasteiger partial charge in [-0.15, -0.1) is 0 Å². The normalized spacial score (nSPS) is 10.8. The van der Waals surface area contributed by atoms with E-state index >= 15 is 0 Å². The minimum absolute atomic E-state index is 0.104. The van der Waals surface area contributed by atoms with Crippen molar-refractivity contribution in [2.45, 2.75) is 6.92 Å². The number of Topliss-reactive ketones (excluding diaryl/α,β-unsaturated/α-hetero) is 1. The molecule has 0 saturated heterocycles. The topological polar surface area (TPSA) is 50.1 Å². The highest BCUT2D eigenvalue weighted by atomic mass is 16.5. The molecule has 0 radical (unpaired) electrons. The van der Waals surface area contributed by atoms with Gasteiger partial charge in [-0.2, -0.15) is 5.26 Å². The average molecular weight is 277 g/mol. The maximum atomic E-state index is 12.4. The predicted octanol–water partition coefficient (Wildman–Crippen LogP) is 3.79. The second-order valence-corrected chi connectivity index (χ2v) is 4.64. The fourth-order valence-corrected chi connectivity index (χ4v) is 1.90. The molecule has 0 heterocycles. The van der Waals surface area contributed by atoms with E-state index in [1.807, 2.05) is 37.3 Å². The van der Waals surface area contributed by atoms with Crippen LogP contribution in [0.2, 0.25) is 0 Å². The largest absolute Gasteiger partial charge is 0.497 e. The smallest absolute Gasteiger partial charge is 0.203 e. The summed E-state index contributed by atoms with van der Waals surface area (Å²) in [5.74, 6) is 0.283. The van der Waals surface area contributed by atoms with Crippen molar-refractivity contribution in [1.82, 2.24) is 0 Å². The summed E-state index contributed by atoms with van der Waals surface area (Å²) in [4.78, 5) is 12.4. The number of benzene rings is 2. The molecule has 0 unspecified atom stereocenters. The number of carbonyl (C=O) groups is 1. The van der Waals surface area contributed by atoms with E-state index in [0.717, 1.165) is 11.1 Å². The minimum Gasteiger partial charge on any atom is -0.497 e. The molecule has 0 aliphatic carbocycles. The minimum atomic E-state index is -0.308. The summed E-state index contributed by atoms with van der Waals surface area (Å²) in [5, 5.41) is 9.23. The van der Waals surface area contributed by atoms with E-state index in [0.29, 0.717) is 11.3 Å². The summed E-state index contributed by atoms with van der Waals surface area (Å²) in [7, 11) is 1.54. The van der Waals surface area contributed by atoms with Crippen LogP contribution in [-0.2, 0) is 0 Å². The van der Waals surface area contributed by atoms with E-state index in [9.17, 15) is 10.1 Å². The van der Waals surface area contributed by atoms with E-state index < -0.39 is 0 Å². The van der Waals surface area contributed by atoms with Gasteiger partial charge in [0, 0.05) is 5.56 Å². The molecule has 0 aromatic heterocycles. The number of ether oxygens (including phenoxy) is 1. The van der Waals surface area contributed by atoms with Crippen LogP contribution in [0.1, 0.15) is 21.5 Å². The number of methoxy groups -OCH3 is 1. The first-order valence-corrected chi connectivity index (χ1v) is 6.51. The zero-order valence-corrected chi connectivity index (χ0v) is 12.0. The van der Waals surface area contributed by atoms with Gasteiger partial charge in [0.05, 0.1) is 7.11 Å². The number of allylic oxidation sites excluding steroid dienone is 1. The van der Waals surface area contributed by atoms with Gasteiger partial charge in [0.1, 0.15) is 17.4 Å². The van der Waals surface area contributed by atoms with Gasteiger partial charge in [-0.05, 0) is 30.7 Å². The van der Waals surface area contributed by atoms with E-state index in [-0.39, 0.29) is 11.4 Å². The molecule has 0 atom stereocenters. The Labute approximate surface area is 124 Å². The SMILES string of the molecule is COc1cccc(C(=O)/C(C#N)=C/c2ccc(C)cc2)c1. The Hall–Kier alpha value is -2.86. The number of rotatable bonds is 4. The molecule has 104 valence electrons. The van der Waals surface area contributed by atoms with Gasteiger partial charge in [0.2, 0.25) is 5.78 Å². The lowest BCUT2D eigenvalue weighted by atomic mass is 10.0. The number of nitrogens with zero attached hydrogens (tertiary/aromatic N) is 1. The maximum Gasteiger partial charge on any atom is 0.203 e. The van der Waals surface area contributed by atoms with E-state index in [1.165, 1.54) is 7.11 Å². The predicted molar refractivity (Wildman–Crippen MR) is 82.1 cm³/mol. The van der Waals surface area contributed by atoms with Crippen molar-refractivity contribution in [3.63, 3.8) is 0 Å². The zero-order chi connectivity index (χ0) is 15.2. The molecule has 0 bridgehead atoms. The summed E-state index contributed by atoms with van der Waals surface area (Å²) in [6.07, 6.45) is 1.60. The lowest BCUT2D eigenvalue weighted by Crippen LogP contribution is -2.02. The van der Waals surface area contributed by atoms with Crippen LogP contribution in [0, 0.1) is 18.3 Å². The van der Waals surface area contributed by atoms with Gasteiger partial charge in [0.25, 0.3) is 0 Å². The van der Waals surface area contributed by atoms with Gasteiger partial charge in [-0.1, -0.05) is 42.0 Å². The van der Waals surface area contributed by atoms with Crippen LogP contribution in [-0.4, -0.2) is 12.9 Å². The average Bonchev–Trinajstić information content (AvgIpc) is 2.53. The van der Waals surface area contributed by atoms with Crippen molar-refractivity contribution in [1.29, 1.82) is 5.26 Å². The highest BCUT2D eigenvalue weighted by Gasteiger charge is 2.12. The van der Waals surface area contributed by atoms with Gasteiger partial charge >= 0.3 is 0 Å². The first-order valence-electron chi connectivity index (χ1n) is 6.51. The molecule has 0 spiro atoms. The second kappa shape index (κ2) is 6.53. The molecule has 0 aliphatic rings. The van der Waals surface area contributed by atoms with Crippen LogP contribution >= 0.6 is 0 Å². The van der Waals surface area contributed by atoms with Gasteiger partial charge < -0.3 is 4.74 Å². The van der Waals surface area contributed by atoms with E-state index in [4.69, 9.17) is 4.74 Å². The summed E-state index contributed by atoms with van der Waals surface area (Å²) >= 11 is 0. The molecule has 0 saturated carbocycles. The van der Waals surface area contributed by atoms with E-state index in [1.54, 1.807) is 30.3 Å². The number of aryl methyl sites for hydroxylation is 1. The maximum absolute atomic E-state index is 12.4. The molecular weight excluding hydrogens is 262 g/mol. The van der Waals surface area contributed by atoms with Crippen molar-refractivity contribution in [2.24, 2.45) is 0 Å². The monoisotopic (exact) mass is 277 g/mol. The number of carbonyl (C=O) groups excluding carboxylic acids is 1. The number of ketones is 1. The van der Waals surface area contributed by atoms with Crippen molar-refractivity contribution in [2.75, 3.05) is 7.11 Å². The van der Waals surface area contributed by atoms with Crippen molar-refractivity contribution >= 4 is 11.9 Å². The van der Waals surface area contributed by atoms with Gasteiger partial charge in [-0.25, -0.2) is 0 Å². The standard InChI is InChI=1S/C18H15NO2/c1-13-6-8-14(9-7-13)10-16(12-19)18(20)15-4-3-5-17(11-15)21-2/h3-11H,1-2H3/b16-10+. The fourth-order valence-electron chi connectivity index (χ4n) is 1.90. The first-order chi connectivity index (χ1) is 10.1. The van der Waals surface area contributed by atoms with Crippen LogP contribution in [0.5, 0.6) is 5.75 Å². The molecule has 3 heteroatoms. The highest BCUT2D eigenvalue weighted by molar-refractivity contribution is 6.14. The lowest BCUT2D eigenvalue weighted by molar-refractivity contribution is 0.103. The van der Waals surface area contributed by atoms with Crippen molar-refractivity contribution in [3.8, 4) is 11.8 Å². The molecule has 21 heavy (non-hydrogen) atoms. The van der Waals surface area contributed by atoms with Crippen molar-refractivity contribution < 1.29 is 9.53 Å². The number of nitriles is 1. The van der Waals surface area contributed by atoms with Crippen LogP contribution in [0.15, 0.2) is 54.1 Å². The zero-order valence-electron chi connectivity index (χ0n) is 12.0. The Morgan fingerprint density at radius 2 is 1.90 bits per heavy atom. The van der Waals surface area contributed by atoms with Crippen LogP contribution in [0.25, 0.3) is 6.08 Å². The lowest BCUT2D eigenvalue weighted by Gasteiger charge is -2.03. The summed E-state index contributed by atoms with van der Waals surface area (Å²) in [5.41, 5.74) is 2.50. The molecule has 2 aromatic rings. The van der Waals surface area contributed by atoms with Gasteiger partial charge in [-0.3, -0.25) is 4.79 Å². The highest BCUT2D eigenvalue weighted by Crippen LogP contribution is 2.17. The summed E-state index contributed by atoms with van der Waals surface area (Å²) < 4.78 is 5.10. The fraction of sp³-hybridized carbons (Fsp3) is 0.111. The Bertz CT molecular complexity index is 722. The molecule has 0 amide bonds. The third-order valence-electron chi connectivity index (χ3n) is 3.09. The molecule has 0 aliphatic heterocycles. The van der Waals surface area contributed by atoms with Crippen LogP contribution in [0.4, 0.5) is 0 Å². The number of hydrogen-bond acceptors (Lipinski definition) is 3. The Balaban J connectivity index is 2.34. The molecule has 2 rings (SSSR count). The Morgan fingerprint density at radius 1 is 1.19 bits per heavy atom. The second-order valence-electron chi connectivity index (χ2n) is 4.64. The first kappa shape index (κ1) is 14.5. The van der Waals surface area contributed by atoms with E-state index in [2.05, 4.69) is 0 Å². The third kappa shape index (κ3) is 3.58. The molecular formula is C18H15NO2. The number of hydrogen-bond donors (Lipinski definition) is 0.